The Kier molecular flexibility index (Phi) is 4.81. The van der Waals surface area contributed by atoms with Crippen molar-refractivity contribution in [3.63, 3.8) is 0 Å². The lowest BCUT2D eigenvalue weighted by atomic mass is 10.1. The SMILES string of the molecule is Cc1ccc(C)c(-n2nc(-c3ccco3)cc2C(=O)NCc2ccccc2)c1. The van der Waals surface area contributed by atoms with E-state index in [0.29, 0.717) is 23.7 Å². The fourth-order valence-electron chi connectivity index (χ4n) is 3.09. The lowest BCUT2D eigenvalue weighted by Gasteiger charge is -2.11. The summed E-state index contributed by atoms with van der Waals surface area (Å²) in [6, 6.07) is 21.3. The number of nitrogens with zero attached hydrogens (tertiary/aromatic N) is 2. The molecule has 0 bridgehead atoms. The smallest absolute Gasteiger partial charge is 0.270 e. The van der Waals surface area contributed by atoms with Crippen LogP contribution in [0.3, 0.4) is 0 Å². The van der Waals surface area contributed by atoms with Crippen molar-refractivity contribution in [2.45, 2.75) is 20.4 Å². The van der Waals surface area contributed by atoms with Crippen molar-refractivity contribution in [3.05, 3.63) is 95.4 Å². The molecule has 0 unspecified atom stereocenters. The summed E-state index contributed by atoms with van der Waals surface area (Å²) in [6.07, 6.45) is 1.60. The van der Waals surface area contributed by atoms with E-state index >= 15 is 0 Å². The number of carbonyl (C=O) groups excluding carboxylic acids is 1. The van der Waals surface area contributed by atoms with E-state index < -0.39 is 0 Å². The summed E-state index contributed by atoms with van der Waals surface area (Å²) >= 11 is 0. The Morgan fingerprint density at radius 3 is 2.61 bits per heavy atom. The normalized spacial score (nSPS) is 10.8. The maximum Gasteiger partial charge on any atom is 0.270 e. The van der Waals surface area contributed by atoms with Crippen molar-refractivity contribution < 1.29 is 9.21 Å². The highest BCUT2D eigenvalue weighted by atomic mass is 16.3. The molecule has 0 spiro atoms. The Hall–Kier alpha value is -3.60. The summed E-state index contributed by atoms with van der Waals surface area (Å²) in [5, 5.41) is 7.65. The van der Waals surface area contributed by atoms with E-state index in [9.17, 15) is 4.79 Å². The minimum absolute atomic E-state index is 0.185. The van der Waals surface area contributed by atoms with E-state index in [1.54, 1.807) is 23.1 Å². The maximum absolute atomic E-state index is 13.0. The summed E-state index contributed by atoms with van der Waals surface area (Å²) in [4.78, 5) is 13.0. The van der Waals surface area contributed by atoms with Gasteiger partial charge in [-0.05, 0) is 48.7 Å². The van der Waals surface area contributed by atoms with Gasteiger partial charge in [0.2, 0.25) is 0 Å². The van der Waals surface area contributed by atoms with Gasteiger partial charge in [0.15, 0.2) is 5.76 Å². The van der Waals surface area contributed by atoms with Crippen LogP contribution in [-0.4, -0.2) is 15.7 Å². The second kappa shape index (κ2) is 7.56. The quantitative estimate of drug-likeness (QED) is 0.554. The number of furan rings is 1. The molecule has 0 aliphatic heterocycles. The van der Waals surface area contributed by atoms with E-state index in [4.69, 9.17) is 4.42 Å². The lowest BCUT2D eigenvalue weighted by Crippen LogP contribution is -2.25. The first-order valence-electron chi connectivity index (χ1n) is 9.15. The van der Waals surface area contributed by atoms with Gasteiger partial charge in [0.25, 0.3) is 5.91 Å². The highest BCUT2D eigenvalue weighted by Gasteiger charge is 2.19. The largest absolute Gasteiger partial charge is 0.463 e. The van der Waals surface area contributed by atoms with Crippen LogP contribution >= 0.6 is 0 Å². The number of hydrogen-bond acceptors (Lipinski definition) is 3. The summed E-state index contributed by atoms with van der Waals surface area (Å²) in [6.45, 7) is 4.48. The first kappa shape index (κ1) is 17.8. The highest BCUT2D eigenvalue weighted by Crippen LogP contribution is 2.24. The number of aromatic nitrogens is 2. The Balaban J connectivity index is 1.72. The zero-order valence-electron chi connectivity index (χ0n) is 15.8. The number of nitrogens with one attached hydrogen (secondary N) is 1. The van der Waals surface area contributed by atoms with Crippen LogP contribution in [0, 0.1) is 13.8 Å². The molecule has 5 nitrogen and oxygen atoms in total. The second-order valence-electron chi connectivity index (χ2n) is 6.76. The molecule has 0 aliphatic rings. The molecule has 0 atom stereocenters. The Morgan fingerprint density at radius 1 is 1.04 bits per heavy atom. The third-order valence-corrected chi connectivity index (χ3v) is 4.60. The molecule has 5 heteroatoms. The zero-order valence-corrected chi connectivity index (χ0v) is 15.8. The van der Waals surface area contributed by atoms with Crippen molar-refractivity contribution >= 4 is 5.91 Å². The molecule has 140 valence electrons. The molecule has 4 rings (SSSR count). The van der Waals surface area contributed by atoms with Crippen molar-refractivity contribution in [2.75, 3.05) is 0 Å². The second-order valence-corrected chi connectivity index (χ2v) is 6.76. The molecule has 2 aromatic carbocycles. The molecule has 2 heterocycles. The van der Waals surface area contributed by atoms with Crippen LogP contribution < -0.4 is 5.32 Å². The van der Waals surface area contributed by atoms with Crippen molar-refractivity contribution in [2.24, 2.45) is 0 Å². The predicted octanol–water partition coefficient (Wildman–Crippen LogP) is 4.68. The van der Waals surface area contributed by atoms with Gasteiger partial charge in [-0.15, -0.1) is 0 Å². The van der Waals surface area contributed by atoms with Crippen LogP contribution in [0.15, 0.2) is 77.4 Å². The highest BCUT2D eigenvalue weighted by molar-refractivity contribution is 5.94. The minimum atomic E-state index is -0.185. The van der Waals surface area contributed by atoms with Crippen molar-refractivity contribution in [1.82, 2.24) is 15.1 Å². The van der Waals surface area contributed by atoms with Gasteiger partial charge in [-0.1, -0.05) is 42.5 Å². The third-order valence-electron chi connectivity index (χ3n) is 4.60. The summed E-state index contributed by atoms with van der Waals surface area (Å²) in [5.41, 5.74) is 5.15. The van der Waals surface area contributed by atoms with Gasteiger partial charge < -0.3 is 9.73 Å². The topological polar surface area (TPSA) is 60.1 Å². The van der Waals surface area contributed by atoms with Crippen LogP contribution in [-0.2, 0) is 6.54 Å². The number of hydrogen-bond donors (Lipinski definition) is 1. The molecule has 0 saturated heterocycles. The first-order valence-corrected chi connectivity index (χ1v) is 9.15. The summed E-state index contributed by atoms with van der Waals surface area (Å²) in [5.74, 6) is 0.441. The maximum atomic E-state index is 13.0. The van der Waals surface area contributed by atoms with Gasteiger partial charge in [0.1, 0.15) is 11.4 Å². The first-order chi connectivity index (χ1) is 13.6. The molecule has 4 aromatic rings. The Bertz CT molecular complexity index is 1100. The monoisotopic (exact) mass is 371 g/mol. The van der Waals surface area contributed by atoms with Crippen LogP contribution in [0.5, 0.6) is 0 Å². The number of amides is 1. The Morgan fingerprint density at radius 2 is 1.86 bits per heavy atom. The van der Waals surface area contributed by atoms with Gasteiger partial charge in [0.05, 0.1) is 12.0 Å². The van der Waals surface area contributed by atoms with E-state index in [0.717, 1.165) is 22.4 Å². The van der Waals surface area contributed by atoms with Gasteiger partial charge in [0, 0.05) is 12.6 Å². The molecule has 0 saturated carbocycles. The fraction of sp³-hybridized carbons (Fsp3) is 0.130. The van der Waals surface area contributed by atoms with E-state index in [1.807, 2.05) is 68.4 Å². The van der Waals surface area contributed by atoms with Gasteiger partial charge >= 0.3 is 0 Å². The molecule has 1 amide bonds. The standard InChI is InChI=1S/C23H21N3O2/c1-16-10-11-17(2)20(13-16)26-21(14-19(25-26)22-9-6-12-28-22)23(27)24-15-18-7-4-3-5-8-18/h3-14H,15H2,1-2H3,(H,24,27). The van der Waals surface area contributed by atoms with E-state index in [-0.39, 0.29) is 5.91 Å². The zero-order chi connectivity index (χ0) is 19.5. The Labute approximate surface area is 163 Å². The third kappa shape index (κ3) is 3.60. The molecule has 0 aliphatic carbocycles. The number of rotatable bonds is 5. The summed E-state index contributed by atoms with van der Waals surface area (Å²) in [7, 11) is 0. The molecular formula is C23H21N3O2. The van der Waals surface area contributed by atoms with Crippen LogP contribution in [0.25, 0.3) is 17.1 Å². The minimum Gasteiger partial charge on any atom is -0.463 e. The van der Waals surface area contributed by atoms with Crippen LogP contribution in [0.1, 0.15) is 27.2 Å². The number of aryl methyl sites for hydroxylation is 2. The molecule has 0 fully saturated rings. The molecule has 2 aromatic heterocycles. The molecule has 1 N–H and O–H groups in total. The van der Waals surface area contributed by atoms with Crippen LogP contribution in [0.4, 0.5) is 0 Å². The van der Waals surface area contributed by atoms with Gasteiger partial charge in [-0.2, -0.15) is 5.10 Å². The average Bonchev–Trinajstić information content (AvgIpc) is 3.38. The van der Waals surface area contributed by atoms with E-state index in [1.165, 1.54) is 0 Å². The van der Waals surface area contributed by atoms with E-state index in [2.05, 4.69) is 10.4 Å². The molecular weight excluding hydrogens is 350 g/mol. The number of benzene rings is 2. The molecule has 0 radical (unpaired) electrons. The van der Waals surface area contributed by atoms with Crippen molar-refractivity contribution in [1.29, 1.82) is 0 Å². The fourth-order valence-corrected chi connectivity index (χ4v) is 3.09. The van der Waals surface area contributed by atoms with Gasteiger partial charge in [-0.25, -0.2) is 4.68 Å². The lowest BCUT2D eigenvalue weighted by molar-refractivity contribution is 0.0943. The number of carbonyl (C=O) groups is 1. The van der Waals surface area contributed by atoms with Gasteiger partial charge in [-0.3, -0.25) is 4.79 Å². The predicted molar refractivity (Wildman–Crippen MR) is 108 cm³/mol. The van der Waals surface area contributed by atoms with Crippen LogP contribution in [0.2, 0.25) is 0 Å². The molecule has 28 heavy (non-hydrogen) atoms. The van der Waals surface area contributed by atoms with Crippen molar-refractivity contribution in [3.8, 4) is 17.1 Å². The average molecular weight is 371 g/mol. The summed E-state index contributed by atoms with van der Waals surface area (Å²) < 4.78 is 7.17.